The Morgan fingerprint density at radius 3 is 2.72 bits per heavy atom. The van der Waals surface area contributed by atoms with Crippen LogP contribution in [0.15, 0.2) is 28.8 Å². The second-order valence-electron chi connectivity index (χ2n) is 6.02. The molecule has 1 amide bonds. The van der Waals surface area contributed by atoms with Gasteiger partial charge in [-0.2, -0.15) is 0 Å². The lowest BCUT2D eigenvalue weighted by atomic mass is 10.1. The van der Waals surface area contributed by atoms with Crippen LogP contribution in [0.3, 0.4) is 0 Å². The number of nitrogens with zero attached hydrogens (tertiary/aromatic N) is 1. The average Bonchev–Trinajstić information content (AvgIpc) is 3.37. The molecule has 0 aliphatic heterocycles. The molecule has 1 N–H and O–H groups in total. The zero-order valence-electron chi connectivity index (χ0n) is 14.6. The standard InChI is InChI=1S/C18H22N2O5/c1-22-10-15(11-4-5-11)19-18(21)14-9-17(25-20-14)13-8-12(23-2)6-7-16(13)24-3/h6-9,11,15H,4-5,10H2,1-3H3,(H,19,21). The molecule has 1 aliphatic rings. The second-order valence-corrected chi connectivity index (χ2v) is 6.02. The fourth-order valence-corrected chi connectivity index (χ4v) is 2.73. The third-order valence-corrected chi connectivity index (χ3v) is 4.27. The summed E-state index contributed by atoms with van der Waals surface area (Å²) in [6.45, 7) is 0.491. The van der Waals surface area contributed by atoms with E-state index in [9.17, 15) is 4.79 Å². The van der Waals surface area contributed by atoms with Gasteiger partial charge in [0.05, 0.1) is 32.4 Å². The number of carbonyl (C=O) groups is 1. The molecule has 1 aromatic heterocycles. The van der Waals surface area contributed by atoms with Crippen molar-refractivity contribution in [1.82, 2.24) is 10.5 Å². The Kier molecular flexibility index (Phi) is 5.23. The maximum atomic E-state index is 12.4. The first-order valence-electron chi connectivity index (χ1n) is 8.15. The Labute approximate surface area is 146 Å². The minimum atomic E-state index is -0.272. The van der Waals surface area contributed by atoms with Crippen molar-refractivity contribution in [1.29, 1.82) is 0 Å². The van der Waals surface area contributed by atoms with Crippen LogP contribution in [0.1, 0.15) is 23.3 Å². The highest BCUT2D eigenvalue weighted by Gasteiger charge is 2.33. The van der Waals surface area contributed by atoms with Gasteiger partial charge in [0.25, 0.3) is 5.91 Å². The molecule has 7 heteroatoms. The van der Waals surface area contributed by atoms with Gasteiger partial charge in [-0.1, -0.05) is 5.16 Å². The van der Waals surface area contributed by atoms with Gasteiger partial charge in [0.2, 0.25) is 0 Å². The SMILES string of the molecule is COCC(NC(=O)c1cc(-c2cc(OC)ccc2OC)on1)C1CC1. The van der Waals surface area contributed by atoms with E-state index >= 15 is 0 Å². The van der Waals surface area contributed by atoms with E-state index < -0.39 is 0 Å². The number of ether oxygens (including phenoxy) is 3. The van der Waals surface area contributed by atoms with Crippen LogP contribution in [-0.2, 0) is 4.74 Å². The number of aromatic nitrogens is 1. The number of nitrogens with one attached hydrogen (secondary N) is 1. The van der Waals surface area contributed by atoms with Crippen molar-refractivity contribution in [2.24, 2.45) is 5.92 Å². The molecule has 1 fully saturated rings. The largest absolute Gasteiger partial charge is 0.497 e. The van der Waals surface area contributed by atoms with E-state index in [2.05, 4.69) is 10.5 Å². The van der Waals surface area contributed by atoms with Crippen molar-refractivity contribution in [2.45, 2.75) is 18.9 Å². The normalized spacial score (nSPS) is 14.8. The summed E-state index contributed by atoms with van der Waals surface area (Å²) in [5.74, 6) is 1.92. The lowest BCUT2D eigenvalue weighted by Crippen LogP contribution is -2.39. The van der Waals surface area contributed by atoms with Gasteiger partial charge in [-0.15, -0.1) is 0 Å². The minimum absolute atomic E-state index is 0.00371. The van der Waals surface area contributed by atoms with Gasteiger partial charge in [-0.3, -0.25) is 4.79 Å². The Morgan fingerprint density at radius 1 is 1.28 bits per heavy atom. The molecule has 0 saturated heterocycles. The van der Waals surface area contributed by atoms with Gasteiger partial charge in [-0.25, -0.2) is 0 Å². The van der Waals surface area contributed by atoms with Crippen LogP contribution in [0.5, 0.6) is 11.5 Å². The van der Waals surface area contributed by atoms with Crippen LogP contribution in [0.4, 0.5) is 0 Å². The van der Waals surface area contributed by atoms with Crippen LogP contribution in [0.2, 0.25) is 0 Å². The second kappa shape index (κ2) is 7.57. The zero-order chi connectivity index (χ0) is 17.8. The Bertz CT molecular complexity index is 739. The van der Waals surface area contributed by atoms with E-state index in [1.165, 1.54) is 0 Å². The van der Waals surface area contributed by atoms with Gasteiger partial charge in [0.15, 0.2) is 11.5 Å². The van der Waals surface area contributed by atoms with Crippen LogP contribution < -0.4 is 14.8 Å². The zero-order valence-corrected chi connectivity index (χ0v) is 14.6. The first-order chi connectivity index (χ1) is 12.2. The molecule has 1 saturated carbocycles. The topological polar surface area (TPSA) is 82.8 Å². The number of rotatable bonds is 8. The summed E-state index contributed by atoms with van der Waals surface area (Å²) in [6.07, 6.45) is 2.22. The third-order valence-electron chi connectivity index (χ3n) is 4.27. The molecule has 1 heterocycles. The predicted octanol–water partition coefficient (Wildman–Crippen LogP) is 2.51. The monoisotopic (exact) mass is 346 g/mol. The fraction of sp³-hybridized carbons (Fsp3) is 0.444. The highest BCUT2D eigenvalue weighted by Crippen LogP contribution is 2.34. The number of hydrogen-bond donors (Lipinski definition) is 1. The third kappa shape index (κ3) is 3.93. The molecular formula is C18H22N2O5. The van der Waals surface area contributed by atoms with Crippen molar-refractivity contribution in [3.05, 3.63) is 30.0 Å². The molecule has 0 spiro atoms. The predicted molar refractivity (Wildman–Crippen MR) is 90.9 cm³/mol. The number of carbonyl (C=O) groups excluding carboxylic acids is 1. The molecule has 0 bridgehead atoms. The molecule has 1 atom stereocenters. The molecule has 1 aromatic carbocycles. The van der Waals surface area contributed by atoms with Crippen LogP contribution in [0, 0.1) is 5.92 Å². The minimum Gasteiger partial charge on any atom is -0.497 e. The van der Waals surface area contributed by atoms with Crippen LogP contribution in [-0.4, -0.2) is 45.0 Å². The Balaban J connectivity index is 1.79. The van der Waals surface area contributed by atoms with Gasteiger partial charge in [0.1, 0.15) is 11.5 Å². The highest BCUT2D eigenvalue weighted by atomic mass is 16.5. The Morgan fingerprint density at radius 2 is 2.08 bits per heavy atom. The summed E-state index contributed by atoms with van der Waals surface area (Å²) in [5, 5.41) is 6.86. The number of methoxy groups -OCH3 is 3. The summed E-state index contributed by atoms with van der Waals surface area (Å²) < 4.78 is 21.1. The summed E-state index contributed by atoms with van der Waals surface area (Å²) in [5.41, 5.74) is 0.894. The lowest BCUT2D eigenvalue weighted by molar-refractivity contribution is 0.0875. The first kappa shape index (κ1) is 17.3. The van der Waals surface area contributed by atoms with Gasteiger partial charge >= 0.3 is 0 Å². The maximum Gasteiger partial charge on any atom is 0.273 e. The Hall–Kier alpha value is -2.54. The summed E-state index contributed by atoms with van der Waals surface area (Å²) in [4.78, 5) is 12.4. The van der Waals surface area contributed by atoms with Crippen molar-refractivity contribution >= 4 is 5.91 Å². The molecule has 1 aliphatic carbocycles. The van der Waals surface area contributed by atoms with E-state index in [1.54, 1.807) is 45.6 Å². The van der Waals surface area contributed by atoms with Crippen LogP contribution in [0.25, 0.3) is 11.3 Å². The molecule has 134 valence electrons. The number of benzene rings is 1. The molecule has 2 aromatic rings. The maximum absolute atomic E-state index is 12.4. The molecule has 7 nitrogen and oxygen atoms in total. The fourth-order valence-electron chi connectivity index (χ4n) is 2.73. The first-order valence-corrected chi connectivity index (χ1v) is 8.15. The van der Waals surface area contributed by atoms with E-state index in [0.717, 1.165) is 12.8 Å². The molecule has 1 unspecified atom stereocenters. The summed E-state index contributed by atoms with van der Waals surface area (Å²) in [7, 11) is 4.78. The van der Waals surface area contributed by atoms with E-state index in [1.807, 2.05) is 0 Å². The van der Waals surface area contributed by atoms with E-state index in [0.29, 0.717) is 35.3 Å². The lowest BCUT2D eigenvalue weighted by Gasteiger charge is -2.16. The molecule has 3 rings (SSSR count). The molecular weight excluding hydrogens is 324 g/mol. The van der Waals surface area contributed by atoms with Gasteiger partial charge in [-0.05, 0) is 37.0 Å². The smallest absolute Gasteiger partial charge is 0.273 e. The van der Waals surface area contributed by atoms with Crippen molar-refractivity contribution in [3.63, 3.8) is 0 Å². The van der Waals surface area contributed by atoms with E-state index in [-0.39, 0.29) is 17.6 Å². The summed E-state index contributed by atoms with van der Waals surface area (Å²) in [6, 6.07) is 6.95. The number of hydrogen-bond acceptors (Lipinski definition) is 6. The average molecular weight is 346 g/mol. The quantitative estimate of drug-likeness (QED) is 0.791. The van der Waals surface area contributed by atoms with Gasteiger partial charge in [0, 0.05) is 13.2 Å². The molecule has 0 radical (unpaired) electrons. The summed E-state index contributed by atoms with van der Waals surface area (Å²) >= 11 is 0. The van der Waals surface area contributed by atoms with Crippen molar-refractivity contribution in [3.8, 4) is 22.8 Å². The van der Waals surface area contributed by atoms with Gasteiger partial charge < -0.3 is 24.1 Å². The van der Waals surface area contributed by atoms with Crippen molar-refractivity contribution < 1.29 is 23.5 Å². The van der Waals surface area contributed by atoms with Crippen molar-refractivity contribution in [2.75, 3.05) is 27.9 Å². The highest BCUT2D eigenvalue weighted by molar-refractivity contribution is 5.93. The molecule has 25 heavy (non-hydrogen) atoms. The van der Waals surface area contributed by atoms with Crippen LogP contribution >= 0.6 is 0 Å². The van der Waals surface area contributed by atoms with E-state index in [4.69, 9.17) is 18.7 Å². The number of amides is 1.